The molecule has 2 rings (SSSR count). The number of ether oxygens (including phenoxy) is 2. The Morgan fingerprint density at radius 2 is 1.76 bits per heavy atom. The lowest BCUT2D eigenvalue weighted by atomic mass is 9.91. The third-order valence-electron chi connectivity index (χ3n) is 3.92. The van der Waals surface area contributed by atoms with Gasteiger partial charge in [-0.1, -0.05) is 12.1 Å². The molecule has 0 aliphatic carbocycles. The van der Waals surface area contributed by atoms with Crippen molar-refractivity contribution in [1.82, 2.24) is 0 Å². The first-order valence-corrected chi connectivity index (χ1v) is 7.49. The fourth-order valence-corrected chi connectivity index (χ4v) is 2.40. The van der Waals surface area contributed by atoms with E-state index in [0.29, 0.717) is 28.3 Å². The van der Waals surface area contributed by atoms with Gasteiger partial charge in [0, 0.05) is 17.3 Å². The number of aliphatic carboxylic acids is 1. The molecular weight excluding hydrogens is 322 g/mol. The van der Waals surface area contributed by atoms with Gasteiger partial charge in [-0.2, -0.15) is 0 Å². The Bertz CT molecular complexity index is 784. The molecule has 0 saturated carbocycles. The van der Waals surface area contributed by atoms with Gasteiger partial charge in [-0.05, 0) is 36.8 Å². The summed E-state index contributed by atoms with van der Waals surface area (Å²) >= 11 is 0. The van der Waals surface area contributed by atoms with Gasteiger partial charge in [-0.15, -0.1) is 0 Å². The lowest BCUT2D eigenvalue weighted by Crippen LogP contribution is -2.40. The van der Waals surface area contributed by atoms with Crippen molar-refractivity contribution in [2.45, 2.75) is 12.5 Å². The van der Waals surface area contributed by atoms with Crippen LogP contribution in [0.3, 0.4) is 0 Å². The lowest BCUT2D eigenvalue weighted by molar-refractivity contribution is -0.142. The van der Waals surface area contributed by atoms with Crippen molar-refractivity contribution in [3.8, 4) is 11.5 Å². The van der Waals surface area contributed by atoms with Crippen molar-refractivity contribution in [3.05, 3.63) is 53.6 Å². The van der Waals surface area contributed by atoms with Crippen LogP contribution < -0.4 is 20.5 Å². The zero-order chi connectivity index (χ0) is 18.6. The third-order valence-corrected chi connectivity index (χ3v) is 3.92. The summed E-state index contributed by atoms with van der Waals surface area (Å²) in [7, 11) is 3.00. The van der Waals surface area contributed by atoms with E-state index < -0.39 is 11.5 Å². The molecule has 7 heteroatoms. The van der Waals surface area contributed by atoms with E-state index in [4.69, 9.17) is 20.6 Å². The van der Waals surface area contributed by atoms with Crippen molar-refractivity contribution in [2.75, 3.05) is 19.5 Å². The second-order valence-electron chi connectivity index (χ2n) is 5.65. The minimum absolute atomic E-state index is 0.0938. The minimum atomic E-state index is -1.45. The van der Waals surface area contributed by atoms with Gasteiger partial charge in [0.1, 0.15) is 17.3 Å². The summed E-state index contributed by atoms with van der Waals surface area (Å²) in [6.07, 6.45) is 0. The van der Waals surface area contributed by atoms with E-state index in [2.05, 4.69) is 5.32 Å². The third kappa shape index (κ3) is 3.82. The number of methoxy groups -OCH3 is 2. The van der Waals surface area contributed by atoms with Gasteiger partial charge < -0.3 is 25.6 Å². The van der Waals surface area contributed by atoms with Crippen LogP contribution in [-0.2, 0) is 10.3 Å². The summed E-state index contributed by atoms with van der Waals surface area (Å²) in [5.74, 6) is -0.193. The number of carboxylic acid groups (broad SMARTS) is 1. The smallest absolute Gasteiger partial charge is 0.333 e. The number of carbonyl (C=O) groups is 1. The summed E-state index contributed by atoms with van der Waals surface area (Å²) in [4.78, 5) is 12.0. The second-order valence-corrected chi connectivity index (χ2v) is 5.65. The van der Waals surface area contributed by atoms with Crippen LogP contribution in [0.25, 0.3) is 0 Å². The van der Waals surface area contributed by atoms with Crippen LogP contribution >= 0.6 is 0 Å². The molecule has 0 bridgehead atoms. The lowest BCUT2D eigenvalue weighted by Gasteiger charge is -2.29. The maximum absolute atomic E-state index is 12.0. The van der Waals surface area contributed by atoms with Crippen LogP contribution in [0.2, 0.25) is 0 Å². The fraction of sp³-hybridized carbons (Fsp3) is 0.222. The Morgan fingerprint density at radius 3 is 2.24 bits per heavy atom. The van der Waals surface area contributed by atoms with Crippen molar-refractivity contribution in [3.63, 3.8) is 0 Å². The molecule has 2 aromatic carbocycles. The van der Waals surface area contributed by atoms with Crippen LogP contribution in [0.1, 0.15) is 18.1 Å². The molecule has 0 heterocycles. The van der Waals surface area contributed by atoms with Gasteiger partial charge in [-0.3, -0.25) is 5.41 Å². The Hall–Kier alpha value is -3.22. The van der Waals surface area contributed by atoms with Gasteiger partial charge in [0.2, 0.25) is 0 Å². The number of nitrogen functional groups attached to an aromatic ring is 1. The highest BCUT2D eigenvalue weighted by molar-refractivity contribution is 5.96. The predicted molar refractivity (Wildman–Crippen MR) is 95.6 cm³/mol. The number of benzene rings is 2. The Morgan fingerprint density at radius 1 is 1.16 bits per heavy atom. The van der Waals surface area contributed by atoms with E-state index >= 15 is 0 Å². The van der Waals surface area contributed by atoms with Crippen LogP contribution in [0, 0.1) is 5.41 Å². The van der Waals surface area contributed by atoms with Crippen molar-refractivity contribution < 1.29 is 19.4 Å². The monoisotopic (exact) mass is 343 g/mol. The molecule has 0 aliphatic rings. The van der Waals surface area contributed by atoms with E-state index in [-0.39, 0.29) is 5.84 Å². The zero-order valence-electron chi connectivity index (χ0n) is 14.3. The van der Waals surface area contributed by atoms with E-state index in [1.165, 1.54) is 14.2 Å². The molecule has 0 spiro atoms. The van der Waals surface area contributed by atoms with E-state index in [1.807, 2.05) is 0 Å². The highest BCUT2D eigenvalue weighted by atomic mass is 16.5. The van der Waals surface area contributed by atoms with Gasteiger partial charge in [0.05, 0.1) is 14.2 Å². The first-order chi connectivity index (χ1) is 11.8. The van der Waals surface area contributed by atoms with E-state index in [0.717, 1.165) is 0 Å². The quantitative estimate of drug-likeness (QED) is 0.453. The molecule has 2 aromatic rings. The molecule has 7 nitrogen and oxygen atoms in total. The highest BCUT2D eigenvalue weighted by Crippen LogP contribution is 2.33. The summed E-state index contributed by atoms with van der Waals surface area (Å²) in [5.41, 5.74) is 5.54. The number of nitrogens with one attached hydrogen (secondary N) is 2. The number of anilines is 1. The van der Waals surface area contributed by atoms with Crippen LogP contribution in [0.4, 0.5) is 5.69 Å². The highest BCUT2D eigenvalue weighted by Gasteiger charge is 2.36. The summed E-state index contributed by atoms with van der Waals surface area (Å²) in [5, 5.41) is 20.4. The molecule has 0 aliphatic heterocycles. The van der Waals surface area contributed by atoms with E-state index in [1.54, 1.807) is 49.4 Å². The largest absolute Gasteiger partial charge is 0.497 e. The number of nitrogens with two attached hydrogens (primary N) is 1. The SMILES string of the molecule is COc1cc(OC)cc(C(C)(Nc2cccc(C(=N)N)c2)C(=O)O)c1. The topological polar surface area (TPSA) is 118 Å². The predicted octanol–water partition coefficient (Wildman–Crippen LogP) is 2.40. The summed E-state index contributed by atoms with van der Waals surface area (Å²) in [6, 6.07) is 11.7. The molecule has 0 aromatic heterocycles. The van der Waals surface area contributed by atoms with Crippen LogP contribution in [-0.4, -0.2) is 31.1 Å². The molecule has 132 valence electrons. The van der Waals surface area contributed by atoms with Crippen molar-refractivity contribution in [2.24, 2.45) is 5.73 Å². The van der Waals surface area contributed by atoms with Crippen LogP contribution in [0.5, 0.6) is 11.5 Å². The molecule has 5 N–H and O–H groups in total. The van der Waals surface area contributed by atoms with Gasteiger partial charge in [0.15, 0.2) is 5.54 Å². The second kappa shape index (κ2) is 7.12. The van der Waals surface area contributed by atoms with Crippen molar-refractivity contribution >= 4 is 17.5 Å². The minimum Gasteiger partial charge on any atom is -0.497 e. The average molecular weight is 343 g/mol. The Labute approximate surface area is 145 Å². The molecule has 25 heavy (non-hydrogen) atoms. The first-order valence-electron chi connectivity index (χ1n) is 7.49. The molecule has 1 atom stereocenters. The Balaban J connectivity index is 2.50. The molecule has 0 radical (unpaired) electrons. The molecule has 1 unspecified atom stereocenters. The number of hydrogen-bond donors (Lipinski definition) is 4. The van der Waals surface area contributed by atoms with Gasteiger partial charge in [0.25, 0.3) is 0 Å². The number of hydrogen-bond acceptors (Lipinski definition) is 5. The van der Waals surface area contributed by atoms with Crippen molar-refractivity contribution in [1.29, 1.82) is 5.41 Å². The summed E-state index contributed by atoms with van der Waals surface area (Å²) < 4.78 is 10.5. The van der Waals surface area contributed by atoms with E-state index in [9.17, 15) is 9.90 Å². The van der Waals surface area contributed by atoms with Crippen LogP contribution in [0.15, 0.2) is 42.5 Å². The fourth-order valence-electron chi connectivity index (χ4n) is 2.40. The summed E-state index contributed by atoms with van der Waals surface area (Å²) in [6.45, 7) is 1.55. The molecule has 0 saturated heterocycles. The number of amidine groups is 1. The zero-order valence-corrected chi connectivity index (χ0v) is 14.3. The van der Waals surface area contributed by atoms with Gasteiger partial charge in [-0.25, -0.2) is 4.79 Å². The molecule has 0 fully saturated rings. The maximum Gasteiger partial charge on any atom is 0.333 e. The Kier molecular flexibility index (Phi) is 5.17. The maximum atomic E-state index is 12.0. The normalized spacial score (nSPS) is 12.8. The molecule has 0 amide bonds. The number of rotatable bonds is 7. The molecular formula is C18H21N3O4. The van der Waals surface area contributed by atoms with Gasteiger partial charge >= 0.3 is 5.97 Å². The number of carboxylic acids is 1. The average Bonchev–Trinajstić information content (AvgIpc) is 2.61. The standard InChI is InChI=1S/C18H21N3O4/c1-18(17(22)23,12-8-14(24-2)10-15(9-12)25-3)21-13-6-4-5-11(7-13)16(19)20/h4-10,21H,1-3H3,(H3,19,20)(H,22,23). The first kappa shape index (κ1) is 18.1.